The predicted molar refractivity (Wildman–Crippen MR) is 179 cm³/mol. The summed E-state index contributed by atoms with van der Waals surface area (Å²) < 4.78 is 13.8. The van der Waals surface area contributed by atoms with Crippen LogP contribution in [0.25, 0.3) is 56.5 Å². The van der Waals surface area contributed by atoms with Crippen molar-refractivity contribution in [3.05, 3.63) is 140 Å². The largest absolute Gasteiger partial charge is 0.494 e. The first-order chi connectivity index (χ1) is 21.2. The lowest BCUT2D eigenvalue weighted by Crippen LogP contribution is -1.93. The summed E-state index contributed by atoms with van der Waals surface area (Å²) in [6, 6.07) is 42.9. The first kappa shape index (κ1) is 29.1. The average Bonchev–Trinajstić information content (AvgIpc) is 3.71. The van der Waals surface area contributed by atoms with Crippen LogP contribution >= 0.6 is 0 Å². The maximum atomic E-state index is 5.98. The van der Waals surface area contributed by atoms with Crippen LogP contribution in [0, 0.1) is 0 Å². The molecule has 0 aliphatic rings. The van der Waals surface area contributed by atoms with Gasteiger partial charge in [0.05, 0.1) is 17.6 Å². The van der Waals surface area contributed by atoms with Gasteiger partial charge in [0.1, 0.15) is 5.75 Å². The summed E-state index contributed by atoms with van der Waals surface area (Å²) in [6.07, 6.45) is 1.83. The second-order valence-electron chi connectivity index (χ2n) is 9.40. The Morgan fingerprint density at radius 3 is 1.84 bits per heavy atom. The lowest BCUT2D eigenvalue weighted by Gasteiger charge is -2.08. The predicted octanol–water partition coefficient (Wildman–Crippen LogP) is 10.3. The fraction of sp³-hybridized carbons (Fsp3) is 0.105. The molecule has 0 saturated heterocycles. The molecule has 5 nitrogen and oxygen atoms in total. The van der Waals surface area contributed by atoms with Crippen molar-refractivity contribution in [2.45, 2.75) is 20.8 Å². The molecule has 5 aromatic carbocycles. The highest BCUT2D eigenvalue weighted by atomic mass is 16.5. The molecule has 5 heteroatoms. The van der Waals surface area contributed by atoms with E-state index in [0.717, 1.165) is 22.6 Å². The molecule has 0 aliphatic carbocycles. The SMILES string of the molecule is C=Cc1ccccc1.CC.CCOc1cccc(-c2nnc(-c3ccc(-n4c5ccccc5c5ccccc54)cc3)o2)c1. The monoisotopic (exact) mass is 565 g/mol. The molecule has 0 aliphatic heterocycles. The Hall–Kier alpha value is -5.42. The smallest absolute Gasteiger partial charge is 0.248 e. The van der Waals surface area contributed by atoms with Crippen LogP contribution in [0.5, 0.6) is 5.75 Å². The lowest BCUT2D eigenvalue weighted by molar-refractivity contribution is 0.340. The molecule has 7 rings (SSSR count). The van der Waals surface area contributed by atoms with Crippen LogP contribution in [0.3, 0.4) is 0 Å². The van der Waals surface area contributed by atoms with Crippen molar-refractivity contribution < 1.29 is 9.15 Å². The zero-order valence-corrected chi connectivity index (χ0v) is 24.8. The van der Waals surface area contributed by atoms with Crippen LogP contribution in [0.15, 0.2) is 138 Å². The number of hydrogen-bond donors (Lipinski definition) is 0. The second-order valence-corrected chi connectivity index (χ2v) is 9.40. The minimum atomic E-state index is 0.470. The van der Waals surface area contributed by atoms with Crippen molar-refractivity contribution in [3.8, 4) is 34.3 Å². The van der Waals surface area contributed by atoms with Crippen LogP contribution in [-0.2, 0) is 0 Å². The van der Waals surface area contributed by atoms with Gasteiger partial charge in [0.15, 0.2) is 0 Å². The fourth-order valence-corrected chi connectivity index (χ4v) is 4.89. The summed E-state index contributed by atoms with van der Waals surface area (Å²) in [5, 5.41) is 11.0. The van der Waals surface area contributed by atoms with Gasteiger partial charge in [-0.3, -0.25) is 0 Å². The number of para-hydroxylation sites is 2. The number of rotatable bonds is 6. The van der Waals surface area contributed by atoms with E-state index in [0.29, 0.717) is 18.4 Å². The van der Waals surface area contributed by atoms with Crippen molar-refractivity contribution in [1.82, 2.24) is 14.8 Å². The molecule has 0 unspecified atom stereocenters. The van der Waals surface area contributed by atoms with Crippen molar-refractivity contribution >= 4 is 27.9 Å². The molecule has 0 amide bonds. The van der Waals surface area contributed by atoms with Gasteiger partial charge >= 0.3 is 0 Å². The summed E-state index contributed by atoms with van der Waals surface area (Å²) in [5.41, 5.74) is 6.33. The van der Waals surface area contributed by atoms with Crippen LogP contribution in [0.1, 0.15) is 26.3 Å². The zero-order valence-electron chi connectivity index (χ0n) is 24.8. The summed E-state index contributed by atoms with van der Waals surface area (Å²) >= 11 is 0. The number of fused-ring (bicyclic) bond motifs is 3. The third kappa shape index (κ3) is 6.41. The van der Waals surface area contributed by atoms with Crippen LogP contribution < -0.4 is 4.74 Å². The summed E-state index contributed by atoms with van der Waals surface area (Å²) in [4.78, 5) is 0. The van der Waals surface area contributed by atoms with Gasteiger partial charge in [-0.15, -0.1) is 10.2 Å². The van der Waals surface area contributed by atoms with Gasteiger partial charge in [0.25, 0.3) is 0 Å². The number of nitrogens with zero attached hydrogens (tertiary/aromatic N) is 3. The number of aromatic nitrogens is 3. The molecule has 0 spiro atoms. The Balaban J connectivity index is 0.000000317. The maximum absolute atomic E-state index is 5.98. The van der Waals surface area contributed by atoms with Gasteiger partial charge in [-0.1, -0.05) is 99.3 Å². The number of ether oxygens (including phenoxy) is 1. The standard InChI is InChI=1S/C28H21N3O2.C8H8.C2H6/c1-2-32-22-9-7-8-20(18-22)28-30-29-27(33-28)19-14-16-21(17-15-19)31-25-12-5-3-10-23(25)24-11-4-6-13-26(24)31;1-2-8-6-4-3-5-7-8;1-2/h3-18H,2H2,1H3;2-7H,1H2;1-2H3. The molecule has 214 valence electrons. The first-order valence-corrected chi connectivity index (χ1v) is 14.6. The van der Waals surface area contributed by atoms with E-state index < -0.39 is 0 Å². The number of hydrogen-bond acceptors (Lipinski definition) is 4. The zero-order chi connectivity index (χ0) is 30.0. The molecular weight excluding hydrogens is 530 g/mol. The minimum Gasteiger partial charge on any atom is -0.494 e. The van der Waals surface area contributed by atoms with Gasteiger partial charge in [0.2, 0.25) is 11.8 Å². The third-order valence-corrected chi connectivity index (χ3v) is 6.80. The normalized spacial score (nSPS) is 10.4. The molecule has 0 bridgehead atoms. The maximum Gasteiger partial charge on any atom is 0.248 e. The molecule has 0 atom stereocenters. The molecule has 0 radical (unpaired) electrons. The Morgan fingerprint density at radius 1 is 0.674 bits per heavy atom. The Labute approximate surface area is 252 Å². The Morgan fingerprint density at radius 2 is 1.26 bits per heavy atom. The summed E-state index contributed by atoms with van der Waals surface area (Å²) in [6.45, 7) is 10.2. The van der Waals surface area contributed by atoms with Crippen LogP contribution in [0.4, 0.5) is 0 Å². The van der Waals surface area contributed by atoms with Crippen molar-refractivity contribution in [2.75, 3.05) is 6.61 Å². The minimum absolute atomic E-state index is 0.470. The van der Waals surface area contributed by atoms with E-state index in [9.17, 15) is 0 Å². The topological polar surface area (TPSA) is 53.1 Å². The highest BCUT2D eigenvalue weighted by Crippen LogP contribution is 2.33. The molecule has 7 aromatic rings. The van der Waals surface area contributed by atoms with E-state index in [1.807, 2.05) is 93.6 Å². The van der Waals surface area contributed by atoms with E-state index in [-0.39, 0.29) is 0 Å². The molecular formula is C38H35N3O2. The average molecular weight is 566 g/mol. The second kappa shape index (κ2) is 14.0. The van der Waals surface area contributed by atoms with Gasteiger partial charge in [-0.05, 0) is 67.1 Å². The van der Waals surface area contributed by atoms with Crippen molar-refractivity contribution in [2.24, 2.45) is 0 Å². The highest BCUT2D eigenvalue weighted by molar-refractivity contribution is 6.09. The quantitative estimate of drug-likeness (QED) is 0.201. The molecule has 0 fully saturated rings. The highest BCUT2D eigenvalue weighted by Gasteiger charge is 2.14. The van der Waals surface area contributed by atoms with E-state index >= 15 is 0 Å². The Bertz CT molecular complexity index is 1870. The molecule has 2 heterocycles. The van der Waals surface area contributed by atoms with Crippen molar-refractivity contribution in [3.63, 3.8) is 0 Å². The fourth-order valence-electron chi connectivity index (χ4n) is 4.89. The van der Waals surface area contributed by atoms with Crippen molar-refractivity contribution in [1.29, 1.82) is 0 Å². The lowest BCUT2D eigenvalue weighted by atomic mass is 10.2. The van der Waals surface area contributed by atoms with Crippen LogP contribution in [-0.4, -0.2) is 21.4 Å². The van der Waals surface area contributed by atoms with Crippen LogP contribution in [0.2, 0.25) is 0 Å². The molecule has 2 aromatic heterocycles. The Kier molecular flexibility index (Phi) is 9.45. The number of benzene rings is 5. The van der Waals surface area contributed by atoms with E-state index in [1.54, 1.807) is 0 Å². The van der Waals surface area contributed by atoms with E-state index in [2.05, 4.69) is 82.0 Å². The molecule has 0 saturated carbocycles. The van der Waals surface area contributed by atoms with E-state index in [1.165, 1.54) is 27.4 Å². The molecule has 43 heavy (non-hydrogen) atoms. The summed E-state index contributed by atoms with van der Waals surface area (Å²) in [5.74, 6) is 1.74. The molecule has 0 N–H and O–H groups in total. The third-order valence-electron chi connectivity index (χ3n) is 6.80. The summed E-state index contributed by atoms with van der Waals surface area (Å²) in [7, 11) is 0. The van der Waals surface area contributed by atoms with Gasteiger partial charge < -0.3 is 13.7 Å². The van der Waals surface area contributed by atoms with E-state index in [4.69, 9.17) is 9.15 Å². The van der Waals surface area contributed by atoms with Gasteiger partial charge in [-0.25, -0.2) is 0 Å². The van der Waals surface area contributed by atoms with Gasteiger partial charge in [-0.2, -0.15) is 0 Å². The first-order valence-electron chi connectivity index (χ1n) is 14.6. The van der Waals surface area contributed by atoms with Gasteiger partial charge in [0, 0.05) is 27.6 Å².